The maximum atomic E-state index is 12.1. The number of imidazole rings is 1. The summed E-state index contributed by atoms with van der Waals surface area (Å²) in [5.74, 6) is 0. The summed E-state index contributed by atoms with van der Waals surface area (Å²) in [5.41, 5.74) is 0.0783. The molecule has 1 N–H and O–H groups in total. The quantitative estimate of drug-likeness (QED) is 0.445. The molecule has 0 saturated carbocycles. The van der Waals surface area contributed by atoms with E-state index in [0.29, 0.717) is 15.9 Å². The fourth-order valence-electron chi connectivity index (χ4n) is 3.17. The van der Waals surface area contributed by atoms with Gasteiger partial charge in [-0.2, -0.15) is 0 Å². The van der Waals surface area contributed by atoms with Crippen LogP contribution in [0.2, 0.25) is 0 Å². The molecular weight excluding hydrogens is 384 g/mol. The topological polar surface area (TPSA) is 72.7 Å². The Hall–Kier alpha value is -1.37. The number of aryl methyl sites for hydroxylation is 2. The molecular formula is C18H29BrN4O2. The minimum Gasteiger partial charge on any atom is -0.313 e. The molecule has 0 radical (unpaired) electrons. The number of halogens is 1. The van der Waals surface area contributed by atoms with Gasteiger partial charge in [0.15, 0.2) is 15.9 Å². The number of fused-ring (bicyclic) bond motifs is 1. The Balaban J connectivity index is 1.80. The van der Waals surface area contributed by atoms with Gasteiger partial charge in [0, 0.05) is 13.6 Å². The Bertz CT molecular complexity index is 791. The first-order valence-corrected chi connectivity index (χ1v) is 10.2. The average Bonchev–Trinajstić information content (AvgIpc) is 2.92. The third-order valence-corrected chi connectivity index (χ3v) is 5.30. The van der Waals surface area contributed by atoms with Crippen molar-refractivity contribution in [2.45, 2.75) is 77.7 Å². The van der Waals surface area contributed by atoms with Crippen LogP contribution in [0.5, 0.6) is 0 Å². The van der Waals surface area contributed by atoms with Gasteiger partial charge in [0.25, 0.3) is 5.56 Å². The van der Waals surface area contributed by atoms with Crippen LogP contribution in [0.1, 0.15) is 71.1 Å². The van der Waals surface area contributed by atoms with Crippen LogP contribution in [0, 0.1) is 0 Å². The standard InChI is InChI=1S/C18H29BrN4O2/c1-3-4-5-6-7-8-9-10-11-12-13-23-14-15(20-17(23)19)22(2)18(25)21-16(14)24/h3-13H2,1-2H3,(H,21,24,25). The van der Waals surface area contributed by atoms with Crippen LogP contribution in [-0.2, 0) is 13.6 Å². The van der Waals surface area contributed by atoms with Crippen molar-refractivity contribution in [2.24, 2.45) is 7.05 Å². The Kier molecular flexibility index (Phi) is 7.93. The molecule has 140 valence electrons. The van der Waals surface area contributed by atoms with Crippen molar-refractivity contribution in [3.8, 4) is 0 Å². The van der Waals surface area contributed by atoms with Gasteiger partial charge in [-0.25, -0.2) is 9.78 Å². The number of aromatic amines is 1. The first-order valence-electron chi connectivity index (χ1n) is 9.41. The monoisotopic (exact) mass is 412 g/mol. The van der Waals surface area contributed by atoms with Gasteiger partial charge >= 0.3 is 5.69 Å². The minimum absolute atomic E-state index is 0.372. The van der Waals surface area contributed by atoms with Gasteiger partial charge in [0.05, 0.1) is 0 Å². The summed E-state index contributed by atoms with van der Waals surface area (Å²) in [4.78, 5) is 30.4. The van der Waals surface area contributed by atoms with E-state index in [9.17, 15) is 9.59 Å². The number of hydrogen-bond donors (Lipinski definition) is 1. The number of unbranched alkanes of at least 4 members (excludes halogenated alkanes) is 9. The van der Waals surface area contributed by atoms with E-state index in [-0.39, 0.29) is 5.56 Å². The van der Waals surface area contributed by atoms with E-state index in [4.69, 9.17) is 0 Å². The van der Waals surface area contributed by atoms with E-state index in [0.717, 1.165) is 19.4 Å². The lowest BCUT2D eigenvalue weighted by Gasteiger charge is -2.06. The second-order valence-electron chi connectivity index (χ2n) is 6.70. The highest BCUT2D eigenvalue weighted by atomic mass is 79.9. The predicted octanol–water partition coefficient (Wildman–Crippen LogP) is 4.11. The lowest BCUT2D eigenvalue weighted by atomic mass is 10.1. The SMILES string of the molecule is CCCCCCCCCCCCn1c(Br)nc2c1c(=O)[nH]c(=O)n2C. The first kappa shape index (κ1) is 19.9. The van der Waals surface area contributed by atoms with Crippen molar-refractivity contribution >= 4 is 27.1 Å². The average molecular weight is 413 g/mol. The smallest absolute Gasteiger partial charge is 0.313 e. The molecule has 0 aromatic carbocycles. The molecule has 0 fully saturated rings. The van der Waals surface area contributed by atoms with Crippen molar-refractivity contribution in [3.63, 3.8) is 0 Å². The molecule has 2 aromatic heterocycles. The lowest BCUT2D eigenvalue weighted by Crippen LogP contribution is -2.29. The van der Waals surface area contributed by atoms with Crippen LogP contribution in [0.4, 0.5) is 0 Å². The third-order valence-electron chi connectivity index (χ3n) is 4.70. The molecule has 0 aliphatic rings. The number of rotatable bonds is 11. The van der Waals surface area contributed by atoms with Gasteiger partial charge in [-0.15, -0.1) is 0 Å². The van der Waals surface area contributed by atoms with E-state index in [2.05, 4.69) is 32.8 Å². The highest BCUT2D eigenvalue weighted by Crippen LogP contribution is 2.18. The van der Waals surface area contributed by atoms with E-state index < -0.39 is 5.69 Å². The van der Waals surface area contributed by atoms with Gasteiger partial charge in [0.2, 0.25) is 0 Å². The molecule has 0 aliphatic carbocycles. The van der Waals surface area contributed by atoms with Crippen LogP contribution >= 0.6 is 15.9 Å². The van der Waals surface area contributed by atoms with Crippen molar-refractivity contribution in [1.82, 2.24) is 19.1 Å². The summed E-state index contributed by atoms with van der Waals surface area (Å²) < 4.78 is 3.83. The Labute approximate surface area is 156 Å². The number of hydrogen-bond acceptors (Lipinski definition) is 3. The fourth-order valence-corrected chi connectivity index (χ4v) is 3.69. The largest absolute Gasteiger partial charge is 0.329 e. The highest BCUT2D eigenvalue weighted by molar-refractivity contribution is 9.10. The van der Waals surface area contributed by atoms with Gasteiger partial charge < -0.3 is 4.57 Å². The Morgan fingerprint density at radius 3 is 2.12 bits per heavy atom. The molecule has 0 bridgehead atoms. The molecule has 0 atom stereocenters. The fraction of sp³-hybridized carbons (Fsp3) is 0.722. The zero-order chi connectivity index (χ0) is 18.2. The summed E-state index contributed by atoms with van der Waals surface area (Å²) >= 11 is 3.41. The van der Waals surface area contributed by atoms with Crippen LogP contribution in [0.25, 0.3) is 11.2 Å². The maximum Gasteiger partial charge on any atom is 0.329 e. The molecule has 2 aromatic rings. The van der Waals surface area contributed by atoms with E-state index in [1.807, 2.05) is 4.57 Å². The molecule has 0 unspecified atom stereocenters. The van der Waals surface area contributed by atoms with E-state index >= 15 is 0 Å². The predicted molar refractivity (Wildman–Crippen MR) is 105 cm³/mol. The highest BCUT2D eigenvalue weighted by Gasteiger charge is 2.15. The Morgan fingerprint density at radius 1 is 0.960 bits per heavy atom. The van der Waals surface area contributed by atoms with Crippen LogP contribution < -0.4 is 11.2 Å². The summed E-state index contributed by atoms with van der Waals surface area (Å²) in [6, 6.07) is 0. The van der Waals surface area contributed by atoms with Crippen LogP contribution in [-0.4, -0.2) is 19.1 Å². The zero-order valence-corrected chi connectivity index (χ0v) is 16.9. The lowest BCUT2D eigenvalue weighted by molar-refractivity contribution is 0.535. The first-order chi connectivity index (χ1) is 12.1. The van der Waals surface area contributed by atoms with Crippen LogP contribution in [0.15, 0.2) is 14.3 Å². The number of aromatic nitrogens is 4. The molecule has 7 heteroatoms. The van der Waals surface area contributed by atoms with Gasteiger partial charge in [-0.3, -0.25) is 14.3 Å². The van der Waals surface area contributed by atoms with Crippen molar-refractivity contribution in [3.05, 3.63) is 25.6 Å². The molecule has 6 nitrogen and oxygen atoms in total. The van der Waals surface area contributed by atoms with Gasteiger partial charge in [-0.05, 0) is 22.4 Å². The number of nitrogens with one attached hydrogen (secondary N) is 1. The molecule has 0 saturated heterocycles. The van der Waals surface area contributed by atoms with Crippen molar-refractivity contribution < 1.29 is 0 Å². The molecule has 0 amide bonds. The summed E-state index contributed by atoms with van der Waals surface area (Å²) in [6.07, 6.45) is 12.7. The zero-order valence-electron chi connectivity index (χ0n) is 15.3. The summed E-state index contributed by atoms with van der Waals surface area (Å²) in [5, 5.41) is 0. The van der Waals surface area contributed by atoms with Crippen molar-refractivity contribution in [1.29, 1.82) is 0 Å². The van der Waals surface area contributed by atoms with E-state index in [1.54, 1.807) is 7.05 Å². The normalized spacial score (nSPS) is 11.5. The molecule has 2 rings (SSSR count). The summed E-state index contributed by atoms with van der Waals surface area (Å²) in [6.45, 7) is 2.98. The molecule has 0 aliphatic heterocycles. The number of nitrogens with zero attached hydrogens (tertiary/aromatic N) is 3. The summed E-state index contributed by atoms with van der Waals surface area (Å²) in [7, 11) is 1.62. The Morgan fingerprint density at radius 2 is 1.52 bits per heavy atom. The van der Waals surface area contributed by atoms with Crippen LogP contribution in [0.3, 0.4) is 0 Å². The van der Waals surface area contributed by atoms with Crippen molar-refractivity contribution in [2.75, 3.05) is 0 Å². The van der Waals surface area contributed by atoms with Gasteiger partial charge in [0.1, 0.15) is 0 Å². The molecule has 0 spiro atoms. The number of H-pyrrole nitrogens is 1. The molecule has 2 heterocycles. The molecule has 25 heavy (non-hydrogen) atoms. The third kappa shape index (κ3) is 5.30. The van der Waals surface area contributed by atoms with Gasteiger partial charge in [-0.1, -0.05) is 64.7 Å². The second-order valence-corrected chi connectivity index (χ2v) is 7.41. The minimum atomic E-state index is -0.436. The second kappa shape index (κ2) is 9.94. The maximum absolute atomic E-state index is 12.1. The van der Waals surface area contributed by atoms with E-state index in [1.165, 1.54) is 55.9 Å².